The second-order valence-electron chi connectivity index (χ2n) is 7.00. The molecule has 4 N–H and O–H groups in total. The Balaban J connectivity index is 1.44. The average molecular weight is 368 g/mol. The predicted octanol–water partition coefficient (Wildman–Crippen LogP) is 2.22. The quantitative estimate of drug-likeness (QED) is 0.575. The summed E-state index contributed by atoms with van der Waals surface area (Å²) in [7, 11) is 1.69. The Hall–Kier alpha value is -2.41. The third-order valence-electron chi connectivity index (χ3n) is 4.70. The van der Waals surface area contributed by atoms with Crippen molar-refractivity contribution in [1.29, 1.82) is 0 Å². The van der Waals surface area contributed by atoms with Gasteiger partial charge in [-0.2, -0.15) is 0 Å². The molecule has 27 heavy (non-hydrogen) atoms. The van der Waals surface area contributed by atoms with Crippen molar-refractivity contribution in [2.75, 3.05) is 25.6 Å². The molecule has 0 bridgehead atoms. The molecule has 0 aliphatic carbocycles. The van der Waals surface area contributed by atoms with Crippen molar-refractivity contribution < 1.29 is 9.53 Å². The second-order valence-corrected chi connectivity index (χ2v) is 7.00. The van der Waals surface area contributed by atoms with Crippen molar-refractivity contribution in [3.8, 4) is 0 Å². The molecular weight excluding hydrogens is 340 g/mol. The van der Waals surface area contributed by atoms with E-state index >= 15 is 0 Å². The Morgan fingerprint density at radius 2 is 1.78 bits per heavy atom. The van der Waals surface area contributed by atoms with Crippen LogP contribution in [0.3, 0.4) is 0 Å². The molecule has 1 fully saturated rings. The topological polar surface area (TPSA) is 74.4 Å². The minimum absolute atomic E-state index is 0.0583. The highest BCUT2D eigenvalue weighted by Crippen LogP contribution is 2.12. The third-order valence-corrected chi connectivity index (χ3v) is 4.70. The molecule has 144 valence electrons. The van der Waals surface area contributed by atoms with E-state index in [1.165, 1.54) is 11.1 Å². The van der Waals surface area contributed by atoms with Crippen LogP contribution >= 0.6 is 0 Å². The number of amides is 1. The van der Waals surface area contributed by atoms with E-state index in [1.54, 1.807) is 7.11 Å². The lowest BCUT2D eigenvalue weighted by Crippen LogP contribution is -2.40. The van der Waals surface area contributed by atoms with E-state index in [-0.39, 0.29) is 18.0 Å². The molecule has 0 saturated carbocycles. The standard InChI is InChI=1S/C21H28N4O2/c1-15-3-5-16(6-4-15)12-22-18-9-7-17(8-10-18)21(26)23-13-19-11-20(14-27-2)25-24-19/h3-10,19-20,22,24-25H,11-14H2,1-2H3,(H,23,26). The zero-order chi connectivity index (χ0) is 19.1. The Morgan fingerprint density at radius 3 is 2.48 bits per heavy atom. The van der Waals surface area contributed by atoms with Crippen LogP contribution in [-0.2, 0) is 11.3 Å². The zero-order valence-corrected chi connectivity index (χ0v) is 15.9. The van der Waals surface area contributed by atoms with E-state index in [9.17, 15) is 4.79 Å². The summed E-state index contributed by atoms with van der Waals surface area (Å²) in [6.45, 7) is 4.08. The first kappa shape index (κ1) is 19.4. The summed E-state index contributed by atoms with van der Waals surface area (Å²) >= 11 is 0. The molecule has 1 aliphatic rings. The smallest absolute Gasteiger partial charge is 0.251 e. The monoisotopic (exact) mass is 368 g/mol. The number of carbonyl (C=O) groups excluding carboxylic acids is 1. The van der Waals surface area contributed by atoms with Gasteiger partial charge in [-0.3, -0.25) is 15.6 Å². The molecule has 2 atom stereocenters. The molecule has 2 aromatic carbocycles. The minimum atomic E-state index is -0.0583. The van der Waals surface area contributed by atoms with Gasteiger partial charge in [-0.05, 0) is 43.2 Å². The van der Waals surface area contributed by atoms with Crippen LogP contribution in [0.15, 0.2) is 48.5 Å². The maximum atomic E-state index is 12.3. The lowest BCUT2D eigenvalue weighted by Gasteiger charge is -2.12. The average Bonchev–Trinajstić information content (AvgIpc) is 3.14. The number of ether oxygens (including phenoxy) is 1. The van der Waals surface area contributed by atoms with E-state index in [4.69, 9.17) is 4.74 Å². The van der Waals surface area contributed by atoms with Gasteiger partial charge in [0.15, 0.2) is 0 Å². The SMILES string of the molecule is COCC1CC(CNC(=O)c2ccc(NCc3ccc(C)cc3)cc2)NN1. The van der Waals surface area contributed by atoms with Gasteiger partial charge in [0.05, 0.1) is 6.61 Å². The Morgan fingerprint density at radius 1 is 1.07 bits per heavy atom. The van der Waals surface area contributed by atoms with Crippen LogP contribution in [0, 0.1) is 6.92 Å². The van der Waals surface area contributed by atoms with Crippen molar-refractivity contribution >= 4 is 11.6 Å². The normalized spacial score (nSPS) is 19.0. The van der Waals surface area contributed by atoms with Crippen LogP contribution < -0.4 is 21.5 Å². The van der Waals surface area contributed by atoms with Crippen LogP contribution in [0.5, 0.6) is 0 Å². The number of aryl methyl sites for hydroxylation is 1. The van der Waals surface area contributed by atoms with E-state index in [0.29, 0.717) is 18.7 Å². The minimum Gasteiger partial charge on any atom is -0.383 e. The second kappa shape index (κ2) is 9.50. The molecular formula is C21H28N4O2. The lowest BCUT2D eigenvalue weighted by molar-refractivity contribution is 0.0950. The fraction of sp³-hybridized carbons (Fsp3) is 0.381. The van der Waals surface area contributed by atoms with Crippen LogP contribution in [0.25, 0.3) is 0 Å². The van der Waals surface area contributed by atoms with E-state index in [0.717, 1.165) is 18.7 Å². The van der Waals surface area contributed by atoms with E-state index in [2.05, 4.69) is 52.7 Å². The lowest BCUT2D eigenvalue weighted by atomic mass is 10.1. The number of hydrazine groups is 1. The first-order valence-electron chi connectivity index (χ1n) is 9.31. The predicted molar refractivity (Wildman–Crippen MR) is 108 cm³/mol. The molecule has 1 aliphatic heterocycles. The van der Waals surface area contributed by atoms with Crippen LogP contribution in [0.2, 0.25) is 0 Å². The molecule has 1 heterocycles. The van der Waals surface area contributed by atoms with Gasteiger partial charge in [0.1, 0.15) is 0 Å². The third kappa shape index (κ3) is 5.79. The van der Waals surface area contributed by atoms with Crippen molar-refractivity contribution in [3.63, 3.8) is 0 Å². The summed E-state index contributed by atoms with van der Waals surface area (Å²) in [5.41, 5.74) is 10.5. The number of nitrogens with one attached hydrogen (secondary N) is 4. The maximum Gasteiger partial charge on any atom is 0.251 e. The first-order valence-corrected chi connectivity index (χ1v) is 9.31. The molecule has 6 nitrogen and oxygen atoms in total. The number of anilines is 1. The number of hydrogen-bond donors (Lipinski definition) is 4. The van der Waals surface area contributed by atoms with Crippen LogP contribution in [0.1, 0.15) is 27.9 Å². The highest BCUT2D eigenvalue weighted by molar-refractivity contribution is 5.94. The Labute approximate surface area is 160 Å². The number of benzene rings is 2. The highest BCUT2D eigenvalue weighted by atomic mass is 16.5. The molecule has 0 radical (unpaired) electrons. The Kier molecular flexibility index (Phi) is 6.81. The van der Waals surface area contributed by atoms with Gasteiger partial charge in [0.2, 0.25) is 0 Å². The number of hydrogen-bond acceptors (Lipinski definition) is 5. The molecule has 1 saturated heterocycles. The number of methoxy groups -OCH3 is 1. The van der Waals surface area contributed by atoms with Crippen molar-refractivity contribution in [2.45, 2.75) is 32.0 Å². The van der Waals surface area contributed by atoms with E-state index < -0.39 is 0 Å². The van der Waals surface area contributed by atoms with Crippen LogP contribution in [-0.4, -0.2) is 38.3 Å². The van der Waals surface area contributed by atoms with Gasteiger partial charge in [-0.15, -0.1) is 0 Å². The van der Waals surface area contributed by atoms with E-state index in [1.807, 2.05) is 24.3 Å². The summed E-state index contributed by atoms with van der Waals surface area (Å²) < 4.78 is 5.14. The summed E-state index contributed by atoms with van der Waals surface area (Å²) in [4.78, 5) is 12.3. The number of carbonyl (C=O) groups is 1. The summed E-state index contributed by atoms with van der Waals surface area (Å²) in [5, 5.41) is 6.36. The van der Waals surface area contributed by atoms with Crippen molar-refractivity contribution in [1.82, 2.24) is 16.2 Å². The Bertz CT molecular complexity index is 731. The fourth-order valence-corrected chi connectivity index (χ4v) is 3.11. The summed E-state index contributed by atoms with van der Waals surface area (Å²) in [5.74, 6) is -0.0583. The molecule has 6 heteroatoms. The molecule has 2 unspecified atom stereocenters. The van der Waals surface area contributed by atoms with Gasteiger partial charge in [-0.25, -0.2) is 0 Å². The van der Waals surface area contributed by atoms with Gasteiger partial charge in [0, 0.05) is 43.5 Å². The van der Waals surface area contributed by atoms with Crippen LogP contribution in [0.4, 0.5) is 5.69 Å². The molecule has 0 aromatic heterocycles. The van der Waals surface area contributed by atoms with Crippen molar-refractivity contribution in [2.24, 2.45) is 0 Å². The zero-order valence-electron chi connectivity index (χ0n) is 15.9. The largest absolute Gasteiger partial charge is 0.383 e. The van der Waals surface area contributed by atoms with Gasteiger partial charge >= 0.3 is 0 Å². The fourth-order valence-electron chi connectivity index (χ4n) is 3.11. The molecule has 3 rings (SSSR count). The first-order chi connectivity index (χ1) is 13.1. The van der Waals surface area contributed by atoms with Gasteiger partial charge < -0.3 is 15.4 Å². The summed E-state index contributed by atoms with van der Waals surface area (Å²) in [6, 6.07) is 16.5. The highest BCUT2D eigenvalue weighted by Gasteiger charge is 2.23. The maximum absolute atomic E-state index is 12.3. The molecule has 2 aromatic rings. The summed E-state index contributed by atoms with van der Waals surface area (Å²) in [6.07, 6.45) is 0.927. The van der Waals surface area contributed by atoms with Gasteiger partial charge in [0.25, 0.3) is 5.91 Å². The number of rotatable bonds is 8. The molecule has 1 amide bonds. The molecule has 0 spiro atoms. The van der Waals surface area contributed by atoms with Gasteiger partial charge in [-0.1, -0.05) is 29.8 Å². The van der Waals surface area contributed by atoms with Crippen molar-refractivity contribution in [3.05, 3.63) is 65.2 Å².